The zero-order valence-corrected chi connectivity index (χ0v) is 14.2. The Morgan fingerprint density at radius 2 is 1.71 bits per heavy atom. The van der Waals surface area contributed by atoms with Crippen molar-refractivity contribution in [3.05, 3.63) is 39.5 Å². The Bertz CT molecular complexity index is 746. The van der Waals surface area contributed by atoms with Gasteiger partial charge in [-0.25, -0.2) is 23.4 Å². The summed E-state index contributed by atoms with van der Waals surface area (Å²) in [6, 6.07) is 1.35. The predicted octanol–water partition coefficient (Wildman–Crippen LogP) is 1.39. The second-order valence-electron chi connectivity index (χ2n) is 5.30. The molecule has 0 amide bonds. The van der Waals surface area contributed by atoms with Crippen molar-refractivity contribution in [3.8, 4) is 0 Å². The van der Waals surface area contributed by atoms with Crippen LogP contribution in [0.15, 0.2) is 33.9 Å². The number of nitrogens with zero attached hydrogens (tertiary/aromatic N) is 6. The van der Waals surface area contributed by atoms with E-state index in [4.69, 9.17) is 0 Å². The standard InChI is InChI=1S/C14H15BrF2N6O/c15-10-6-18-14(19-7-10)22-3-1-21(2-4-22)11-5-13(24)23(20-8-11)9-12(16)17/h5-8,12H,1-4,9H2. The summed E-state index contributed by atoms with van der Waals surface area (Å²) in [6.07, 6.45) is 2.24. The topological polar surface area (TPSA) is 67.2 Å². The summed E-state index contributed by atoms with van der Waals surface area (Å²) in [5.74, 6) is 0.656. The molecule has 2 aromatic heterocycles. The normalized spacial score (nSPS) is 15.2. The molecule has 2 aromatic rings. The molecule has 10 heteroatoms. The molecule has 0 N–H and O–H groups in total. The maximum Gasteiger partial charge on any atom is 0.269 e. The highest BCUT2D eigenvalue weighted by atomic mass is 79.9. The minimum atomic E-state index is -2.60. The fourth-order valence-electron chi connectivity index (χ4n) is 2.50. The smallest absolute Gasteiger partial charge is 0.269 e. The Hall–Kier alpha value is -2.10. The number of piperazine rings is 1. The molecule has 1 aliphatic rings. The second-order valence-corrected chi connectivity index (χ2v) is 6.22. The van der Waals surface area contributed by atoms with Crippen LogP contribution in [0.3, 0.4) is 0 Å². The van der Waals surface area contributed by atoms with Gasteiger partial charge in [-0.3, -0.25) is 4.79 Å². The molecular weight excluding hydrogens is 386 g/mol. The maximum absolute atomic E-state index is 12.4. The van der Waals surface area contributed by atoms with Gasteiger partial charge in [-0.2, -0.15) is 5.10 Å². The molecule has 3 rings (SSSR count). The number of hydrogen-bond donors (Lipinski definition) is 0. The van der Waals surface area contributed by atoms with Crippen molar-refractivity contribution in [2.75, 3.05) is 36.0 Å². The van der Waals surface area contributed by atoms with Gasteiger partial charge in [0.1, 0.15) is 6.54 Å². The molecule has 1 fully saturated rings. The van der Waals surface area contributed by atoms with Gasteiger partial charge in [-0.15, -0.1) is 0 Å². The van der Waals surface area contributed by atoms with Crippen LogP contribution in [0.4, 0.5) is 20.4 Å². The van der Waals surface area contributed by atoms with E-state index < -0.39 is 18.5 Å². The molecule has 7 nitrogen and oxygen atoms in total. The van der Waals surface area contributed by atoms with Crippen molar-refractivity contribution in [1.82, 2.24) is 19.7 Å². The highest BCUT2D eigenvalue weighted by Gasteiger charge is 2.20. The first-order valence-electron chi connectivity index (χ1n) is 7.35. The quantitative estimate of drug-likeness (QED) is 0.772. The first-order chi connectivity index (χ1) is 11.5. The van der Waals surface area contributed by atoms with Gasteiger partial charge in [0.25, 0.3) is 12.0 Å². The van der Waals surface area contributed by atoms with E-state index in [9.17, 15) is 13.6 Å². The lowest BCUT2D eigenvalue weighted by molar-refractivity contribution is 0.119. The van der Waals surface area contributed by atoms with E-state index in [1.54, 1.807) is 12.4 Å². The van der Waals surface area contributed by atoms with Crippen molar-refractivity contribution in [2.45, 2.75) is 13.0 Å². The van der Waals surface area contributed by atoms with Crippen LogP contribution >= 0.6 is 15.9 Å². The van der Waals surface area contributed by atoms with Crippen molar-refractivity contribution in [1.29, 1.82) is 0 Å². The van der Waals surface area contributed by atoms with Crippen LogP contribution in [0, 0.1) is 0 Å². The van der Waals surface area contributed by atoms with Crippen LogP contribution in [-0.2, 0) is 6.54 Å². The highest BCUT2D eigenvalue weighted by molar-refractivity contribution is 9.10. The second kappa shape index (κ2) is 7.20. The lowest BCUT2D eigenvalue weighted by atomic mass is 10.3. The van der Waals surface area contributed by atoms with Gasteiger partial charge in [0, 0.05) is 44.6 Å². The Morgan fingerprint density at radius 3 is 2.29 bits per heavy atom. The Balaban J connectivity index is 1.65. The Kier molecular flexibility index (Phi) is 5.03. The SMILES string of the molecule is O=c1cc(N2CCN(c3ncc(Br)cn3)CC2)cnn1CC(F)F. The van der Waals surface area contributed by atoms with Crippen LogP contribution in [0.1, 0.15) is 0 Å². The van der Waals surface area contributed by atoms with Gasteiger partial charge in [0.2, 0.25) is 5.95 Å². The van der Waals surface area contributed by atoms with Crippen LogP contribution < -0.4 is 15.4 Å². The highest BCUT2D eigenvalue weighted by Crippen LogP contribution is 2.17. The first-order valence-corrected chi connectivity index (χ1v) is 8.15. The summed E-state index contributed by atoms with van der Waals surface area (Å²) >= 11 is 3.30. The van der Waals surface area contributed by atoms with Crippen molar-refractivity contribution in [2.24, 2.45) is 0 Å². The molecule has 128 valence electrons. The Morgan fingerprint density at radius 1 is 1.08 bits per heavy atom. The van der Waals surface area contributed by atoms with Crippen molar-refractivity contribution >= 4 is 27.6 Å². The van der Waals surface area contributed by atoms with Crippen LogP contribution in [0.25, 0.3) is 0 Å². The van der Waals surface area contributed by atoms with Crippen LogP contribution in [0.5, 0.6) is 0 Å². The van der Waals surface area contributed by atoms with Gasteiger partial charge in [-0.1, -0.05) is 0 Å². The van der Waals surface area contributed by atoms with E-state index in [2.05, 4.69) is 31.0 Å². The minimum absolute atomic E-state index is 0.522. The molecule has 0 spiro atoms. The maximum atomic E-state index is 12.4. The molecule has 0 saturated carbocycles. The number of alkyl halides is 2. The fourth-order valence-corrected chi connectivity index (χ4v) is 2.70. The van der Waals surface area contributed by atoms with Crippen molar-refractivity contribution < 1.29 is 8.78 Å². The number of anilines is 2. The lowest BCUT2D eigenvalue weighted by Gasteiger charge is -2.35. The third-order valence-corrected chi connectivity index (χ3v) is 4.11. The summed E-state index contributed by atoms with van der Waals surface area (Å²) in [5.41, 5.74) is 0.119. The third-order valence-electron chi connectivity index (χ3n) is 3.70. The molecule has 0 aliphatic carbocycles. The summed E-state index contributed by atoms with van der Waals surface area (Å²) < 4.78 is 26.3. The van der Waals surface area contributed by atoms with E-state index >= 15 is 0 Å². The van der Waals surface area contributed by atoms with E-state index in [-0.39, 0.29) is 0 Å². The minimum Gasteiger partial charge on any atom is -0.367 e. The predicted molar refractivity (Wildman–Crippen MR) is 88.7 cm³/mol. The molecular formula is C14H15BrF2N6O. The number of halogens is 3. The van der Waals surface area contributed by atoms with Gasteiger partial charge in [-0.05, 0) is 15.9 Å². The molecule has 0 atom stereocenters. The van der Waals surface area contributed by atoms with E-state index in [0.717, 1.165) is 9.15 Å². The van der Waals surface area contributed by atoms with Crippen LogP contribution in [-0.4, -0.2) is 52.4 Å². The van der Waals surface area contributed by atoms with E-state index in [1.165, 1.54) is 12.3 Å². The van der Waals surface area contributed by atoms with Gasteiger partial charge in [0.15, 0.2) is 0 Å². The molecule has 0 unspecified atom stereocenters. The summed E-state index contributed by atoms with van der Waals surface area (Å²) in [6.45, 7) is 2.04. The third kappa shape index (κ3) is 3.86. The molecule has 0 aromatic carbocycles. The van der Waals surface area contributed by atoms with Gasteiger partial charge >= 0.3 is 0 Å². The number of rotatable bonds is 4. The zero-order chi connectivity index (χ0) is 17.1. The average molecular weight is 401 g/mol. The zero-order valence-electron chi connectivity index (χ0n) is 12.6. The lowest BCUT2D eigenvalue weighted by Crippen LogP contribution is -2.47. The van der Waals surface area contributed by atoms with Crippen molar-refractivity contribution in [3.63, 3.8) is 0 Å². The summed E-state index contributed by atoms with van der Waals surface area (Å²) in [4.78, 5) is 24.4. The van der Waals surface area contributed by atoms with Gasteiger partial charge < -0.3 is 9.80 Å². The summed E-state index contributed by atoms with van der Waals surface area (Å²) in [5, 5.41) is 3.82. The molecule has 1 aliphatic heterocycles. The molecule has 0 radical (unpaired) electrons. The average Bonchev–Trinajstić information content (AvgIpc) is 2.57. The van der Waals surface area contributed by atoms with Gasteiger partial charge in [0.05, 0.1) is 16.4 Å². The molecule has 1 saturated heterocycles. The molecule has 3 heterocycles. The Labute approximate surface area is 145 Å². The van der Waals surface area contributed by atoms with E-state index in [0.29, 0.717) is 37.8 Å². The summed E-state index contributed by atoms with van der Waals surface area (Å²) in [7, 11) is 0. The fraction of sp³-hybridized carbons (Fsp3) is 0.429. The monoisotopic (exact) mass is 400 g/mol. The number of aromatic nitrogens is 4. The van der Waals surface area contributed by atoms with E-state index in [1.807, 2.05) is 9.80 Å². The largest absolute Gasteiger partial charge is 0.367 e. The molecule has 0 bridgehead atoms. The van der Waals surface area contributed by atoms with Crippen LogP contribution in [0.2, 0.25) is 0 Å². The molecule has 24 heavy (non-hydrogen) atoms. The first kappa shape index (κ1) is 16.7. The number of hydrogen-bond acceptors (Lipinski definition) is 6.